The fraction of sp³-hybridized carbons (Fsp3) is 0.929. The van der Waals surface area contributed by atoms with E-state index in [9.17, 15) is 4.79 Å². The highest BCUT2D eigenvalue weighted by Crippen LogP contribution is 2.27. The summed E-state index contributed by atoms with van der Waals surface area (Å²) in [6, 6.07) is 0. The molecule has 2 unspecified atom stereocenters. The molecule has 0 heterocycles. The molecule has 2 atom stereocenters. The molecule has 0 aromatic carbocycles. The normalized spacial score (nSPS) is 15.6. The van der Waals surface area contributed by atoms with Crippen LogP contribution in [-0.2, 0) is 9.53 Å². The van der Waals surface area contributed by atoms with Crippen molar-refractivity contribution in [1.29, 1.82) is 0 Å². The van der Waals surface area contributed by atoms with Crippen LogP contribution in [0.3, 0.4) is 0 Å². The van der Waals surface area contributed by atoms with Gasteiger partial charge in [0.1, 0.15) is 0 Å². The van der Waals surface area contributed by atoms with E-state index in [4.69, 9.17) is 4.74 Å². The van der Waals surface area contributed by atoms with Crippen LogP contribution in [0.2, 0.25) is 0 Å². The molecule has 0 aliphatic heterocycles. The predicted octanol–water partition coefficient (Wildman–Crippen LogP) is 4.04. The molecule has 96 valence electrons. The minimum absolute atomic E-state index is 0.0439. The van der Waals surface area contributed by atoms with Crippen molar-refractivity contribution < 1.29 is 9.53 Å². The molecule has 0 saturated carbocycles. The van der Waals surface area contributed by atoms with E-state index in [1.807, 2.05) is 13.8 Å². The van der Waals surface area contributed by atoms with Gasteiger partial charge in [-0.15, -0.1) is 0 Å². The Morgan fingerprint density at radius 2 is 1.75 bits per heavy atom. The SMILES string of the molecule is CCOC(=O)C(C)CCC(C)CC(C)(C)C. The average molecular weight is 228 g/mol. The maximum atomic E-state index is 11.4. The summed E-state index contributed by atoms with van der Waals surface area (Å²) in [7, 11) is 0. The monoisotopic (exact) mass is 228 g/mol. The summed E-state index contributed by atoms with van der Waals surface area (Å²) >= 11 is 0. The van der Waals surface area contributed by atoms with E-state index in [2.05, 4.69) is 27.7 Å². The first-order valence-corrected chi connectivity index (χ1v) is 6.43. The van der Waals surface area contributed by atoms with Crippen LogP contribution in [0.5, 0.6) is 0 Å². The topological polar surface area (TPSA) is 26.3 Å². The van der Waals surface area contributed by atoms with Crippen molar-refractivity contribution in [2.75, 3.05) is 6.61 Å². The molecule has 16 heavy (non-hydrogen) atoms. The molecule has 0 amide bonds. The molecule has 2 nitrogen and oxygen atoms in total. The molecule has 0 aromatic rings. The Morgan fingerprint density at radius 3 is 2.19 bits per heavy atom. The Kier molecular flexibility index (Phi) is 6.70. The molecule has 0 fully saturated rings. The van der Waals surface area contributed by atoms with Gasteiger partial charge in [-0.1, -0.05) is 34.6 Å². The lowest BCUT2D eigenvalue weighted by molar-refractivity contribution is -0.147. The van der Waals surface area contributed by atoms with Crippen LogP contribution in [0.15, 0.2) is 0 Å². The summed E-state index contributed by atoms with van der Waals surface area (Å²) in [5, 5.41) is 0. The zero-order valence-electron chi connectivity index (χ0n) is 11.8. The number of carbonyl (C=O) groups excluding carboxylic acids is 1. The molecule has 0 saturated heterocycles. The van der Waals surface area contributed by atoms with E-state index in [0.29, 0.717) is 17.9 Å². The number of ether oxygens (including phenoxy) is 1. The van der Waals surface area contributed by atoms with Crippen LogP contribution in [0, 0.1) is 17.3 Å². The summed E-state index contributed by atoms with van der Waals surface area (Å²) in [6.45, 7) is 13.4. The first-order chi connectivity index (χ1) is 7.26. The van der Waals surface area contributed by atoms with Crippen molar-refractivity contribution >= 4 is 5.97 Å². The summed E-state index contributed by atoms with van der Waals surface area (Å²) < 4.78 is 5.00. The molecular weight excluding hydrogens is 200 g/mol. The largest absolute Gasteiger partial charge is 0.466 e. The minimum Gasteiger partial charge on any atom is -0.466 e. The quantitative estimate of drug-likeness (QED) is 0.641. The molecule has 0 N–H and O–H groups in total. The van der Waals surface area contributed by atoms with Gasteiger partial charge in [0.15, 0.2) is 0 Å². The highest BCUT2D eigenvalue weighted by molar-refractivity contribution is 5.71. The van der Waals surface area contributed by atoms with Gasteiger partial charge < -0.3 is 4.74 Å². The lowest BCUT2D eigenvalue weighted by Crippen LogP contribution is -2.17. The van der Waals surface area contributed by atoms with Crippen molar-refractivity contribution in [2.45, 2.75) is 60.8 Å². The molecular formula is C14H28O2. The molecule has 2 heteroatoms. The van der Waals surface area contributed by atoms with Gasteiger partial charge in [0.05, 0.1) is 12.5 Å². The Labute approximate surface area is 101 Å². The highest BCUT2D eigenvalue weighted by Gasteiger charge is 2.18. The minimum atomic E-state index is -0.0505. The van der Waals surface area contributed by atoms with Gasteiger partial charge >= 0.3 is 5.97 Å². The standard InChI is InChI=1S/C14H28O2/c1-7-16-13(15)12(3)9-8-11(2)10-14(4,5)6/h11-12H,7-10H2,1-6H3. The smallest absolute Gasteiger partial charge is 0.308 e. The first kappa shape index (κ1) is 15.5. The lowest BCUT2D eigenvalue weighted by atomic mass is 9.83. The molecule has 0 rings (SSSR count). The predicted molar refractivity (Wildman–Crippen MR) is 68.3 cm³/mol. The highest BCUT2D eigenvalue weighted by atomic mass is 16.5. The fourth-order valence-electron chi connectivity index (χ4n) is 2.08. The Balaban J connectivity index is 3.83. The molecule has 0 spiro atoms. The second-order valence-electron chi connectivity index (χ2n) is 6.10. The molecule has 0 radical (unpaired) electrons. The fourth-order valence-corrected chi connectivity index (χ4v) is 2.08. The number of rotatable bonds is 6. The maximum Gasteiger partial charge on any atom is 0.308 e. The first-order valence-electron chi connectivity index (χ1n) is 6.43. The molecule has 0 aliphatic carbocycles. The van der Waals surface area contributed by atoms with Gasteiger partial charge in [0.25, 0.3) is 0 Å². The van der Waals surface area contributed by atoms with E-state index in [-0.39, 0.29) is 11.9 Å². The van der Waals surface area contributed by atoms with Gasteiger partial charge in [-0.05, 0) is 37.5 Å². The van der Waals surface area contributed by atoms with Crippen LogP contribution in [-0.4, -0.2) is 12.6 Å². The summed E-state index contributed by atoms with van der Waals surface area (Å²) in [6.07, 6.45) is 3.26. The van der Waals surface area contributed by atoms with E-state index < -0.39 is 0 Å². The van der Waals surface area contributed by atoms with Crippen LogP contribution in [0.1, 0.15) is 60.8 Å². The summed E-state index contributed by atoms with van der Waals surface area (Å²) in [4.78, 5) is 11.4. The van der Waals surface area contributed by atoms with Gasteiger partial charge in [-0.3, -0.25) is 4.79 Å². The van der Waals surface area contributed by atoms with Crippen LogP contribution in [0.4, 0.5) is 0 Å². The van der Waals surface area contributed by atoms with E-state index >= 15 is 0 Å². The third kappa shape index (κ3) is 7.72. The van der Waals surface area contributed by atoms with Crippen LogP contribution in [0.25, 0.3) is 0 Å². The average Bonchev–Trinajstić information content (AvgIpc) is 2.11. The number of hydrogen-bond donors (Lipinski definition) is 0. The van der Waals surface area contributed by atoms with E-state index in [1.165, 1.54) is 6.42 Å². The van der Waals surface area contributed by atoms with Crippen molar-refractivity contribution in [3.8, 4) is 0 Å². The van der Waals surface area contributed by atoms with Crippen molar-refractivity contribution in [1.82, 2.24) is 0 Å². The van der Waals surface area contributed by atoms with Gasteiger partial charge in [0, 0.05) is 0 Å². The van der Waals surface area contributed by atoms with Crippen molar-refractivity contribution in [2.24, 2.45) is 17.3 Å². The van der Waals surface area contributed by atoms with Crippen LogP contribution < -0.4 is 0 Å². The lowest BCUT2D eigenvalue weighted by Gasteiger charge is -2.23. The molecule has 0 aliphatic rings. The zero-order chi connectivity index (χ0) is 12.8. The van der Waals surface area contributed by atoms with E-state index in [0.717, 1.165) is 12.8 Å². The van der Waals surface area contributed by atoms with Gasteiger partial charge in [-0.2, -0.15) is 0 Å². The Hall–Kier alpha value is -0.530. The third-order valence-electron chi connectivity index (χ3n) is 2.74. The summed E-state index contributed by atoms with van der Waals surface area (Å²) in [5.41, 5.74) is 0.382. The van der Waals surface area contributed by atoms with E-state index in [1.54, 1.807) is 0 Å². The van der Waals surface area contributed by atoms with Crippen LogP contribution >= 0.6 is 0 Å². The molecule has 0 bridgehead atoms. The molecule has 0 aromatic heterocycles. The summed E-state index contributed by atoms with van der Waals surface area (Å²) in [5.74, 6) is 0.671. The zero-order valence-corrected chi connectivity index (χ0v) is 11.8. The number of esters is 1. The van der Waals surface area contributed by atoms with Crippen molar-refractivity contribution in [3.63, 3.8) is 0 Å². The second-order valence-corrected chi connectivity index (χ2v) is 6.10. The van der Waals surface area contributed by atoms with Gasteiger partial charge in [0.2, 0.25) is 0 Å². The van der Waals surface area contributed by atoms with Crippen molar-refractivity contribution in [3.05, 3.63) is 0 Å². The number of hydrogen-bond acceptors (Lipinski definition) is 2. The third-order valence-corrected chi connectivity index (χ3v) is 2.74. The Bertz CT molecular complexity index is 203. The Morgan fingerprint density at radius 1 is 1.19 bits per heavy atom. The van der Waals surface area contributed by atoms with Gasteiger partial charge in [-0.25, -0.2) is 0 Å². The second kappa shape index (κ2) is 6.93. The number of carbonyl (C=O) groups is 1. The maximum absolute atomic E-state index is 11.4.